The number of alkyl halides is 1. The van der Waals surface area contributed by atoms with Crippen molar-refractivity contribution in [3.8, 4) is 23.0 Å². The highest BCUT2D eigenvalue weighted by Gasteiger charge is 2.49. The van der Waals surface area contributed by atoms with E-state index >= 15 is 4.39 Å². The predicted molar refractivity (Wildman–Crippen MR) is 157 cm³/mol. The molecule has 3 N–H and O–H groups in total. The van der Waals surface area contributed by atoms with Gasteiger partial charge in [-0.3, -0.25) is 9.88 Å². The first kappa shape index (κ1) is 27.5. The zero-order chi connectivity index (χ0) is 29.7. The smallest absolute Gasteiger partial charge is 0.404 e. The Bertz CT molecular complexity index is 1720. The van der Waals surface area contributed by atoms with Gasteiger partial charge in [-0.25, -0.2) is 13.6 Å². The number of carbonyl (C=O) groups is 1. The summed E-state index contributed by atoms with van der Waals surface area (Å²) in [5.74, 6) is -0.314. The van der Waals surface area contributed by atoms with Crippen LogP contribution in [0.2, 0.25) is 0 Å². The van der Waals surface area contributed by atoms with Gasteiger partial charge in [0.2, 0.25) is 0 Å². The molecule has 3 saturated heterocycles. The van der Waals surface area contributed by atoms with Gasteiger partial charge >= 0.3 is 12.1 Å². The highest BCUT2D eigenvalue weighted by Crippen LogP contribution is 2.41. The minimum Gasteiger partial charge on any atom is -0.508 e. The topological polar surface area (TPSA) is 124 Å². The van der Waals surface area contributed by atoms with E-state index in [4.69, 9.17) is 9.72 Å². The number of aromatic nitrogens is 3. The summed E-state index contributed by atoms with van der Waals surface area (Å²) in [6.45, 7) is 2.27. The molecule has 0 saturated carbocycles. The summed E-state index contributed by atoms with van der Waals surface area (Å²) in [4.78, 5) is 29.1. The van der Waals surface area contributed by atoms with Crippen LogP contribution in [0, 0.1) is 5.82 Å². The summed E-state index contributed by atoms with van der Waals surface area (Å²) >= 11 is 0. The van der Waals surface area contributed by atoms with Gasteiger partial charge in [0, 0.05) is 43.9 Å². The van der Waals surface area contributed by atoms with Gasteiger partial charge in [0.1, 0.15) is 35.6 Å². The van der Waals surface area contributed by atoms with E-state index in [0.29, 0.717) is 55.7 Å². The second-order valence-electron chi connectivity index (χ2n) is 11.8. The largest absolute Gasteiger partial charge is 0.508 e. The Balaban J connectivity index is 1.33. The summed E-state index contributed by atoms with van der Waals surface area (Å²) in [6, 6.07) is 10.1. The van der Waals surface area contributed by atoms with Crippen LogP contribution in [0.25, 0.3) is 32.9 Å². The lowest BCUT2D eigenvalue weighted by molar-refractivity contribution is 0.107. The molecule has 0 bridgehead atoms. The van der Waals surface area contributed by atoms with Gasteiger partial charge in [-0.05, 0) is 55.1 Å². The number of piperidine rings is 1. The van der Waals surface area contributed by atoms with E-state index in [1.807, 2.05) is 29.2 Å². The summed E-state index contributed by atoms with van der Waals surface area (Å²) in [6.07, 6.45) is 2.97. The maximum Gasteiger partial charge on any atom is 0.404 e. The lowest BCUT2D eigenvalue weighted by Gasteiger charge is -2.34. The van der Waals surface area contributed by atoms with Gasteiger partial charge in [0.05, 0.1) is 10.9 Å². The number of ether oxygens (including phenoxy) is 1. The van der Waals surface area contributed by atoms with Crippen LogP contribution < -0.4 is 15.0 Å². The van der Waals surface area contributed by atoms with Gasteiger partial charge < -0.3 is 25.2 Å². The number of hydrogen-bond donors (Lipinski definition) is 3. The number of pyridine rings is 1. The molecule has 3 atom stereocenters. The summed E-state index contributed by atoms with van der Waals surface area (Å²) in [5, 5.41) is 24.1. The van der Waals surface area contributed by atoms with Crippen LogP contribution in [-0.4, -0.2) is 86.7 Å². The number of aromatic hydroxyl groups is 1. The van der Waals surface area contributed by atoms with Crippen LogP contribution in [0.5, 0.6) is 11.8 Å². The van der Waals surface area contributed by atoms with E-state index in [1.165, 1.54) is 12.3 Å². The molecule has 2 aromatic heterocycles. The van der Waals surface area contributed by atoms with Gasteiger partial charge in [-0.2, -0.15) is 9.97 Å². The Kier molecular flexibility index (Phi) is 6.88. The molecule has 3 fully saturated rings. The van der Waals surface area contributed by atoms with Gasteiger partial charge in [0.15, 0.2) is 5.82 Å². The minimum absolute atomic E-state index is 0.00121. The van der Waals surface area contributed by atoms with Gasteiger partial charge in [-0.15, -0.1) is 0 Å². The first-order valence-electron chi connectivity index (χ1n) is 14.6. The van der Waals surface area contributed by atoms with Crippen LogP contribution in [0.1, 0.15) is 32.1 Å². The van der Waals surface area contributed by atoms with Crippen molar-refractivity contribution in [1.82, 2.24) is 25.2 Å². The molecule has 0 aliphatic carbocycles. The Morgan fingerprint density at radius 1 is 1.14 bits per heavy atom. The Hall–Kier alpha value is -4.32. The average molecular weight is 591 g/mol. The summed E-state index contributed by atoms with van der Waals surface area (Å²) < 4.78 is 37.1. The lowest BCUT2D eigenvalue weighted by atomic mass is 9.95. The maximum absolute atomic E-state index is 16.5. The molecule has 224 valence electrons. The number of anilines is 1. The third-order valence-corrected chi connectivity index (χ3v) is 9.02. The second kappa shape index (κ2) is 10.7. The molecule has 2 aromatic carbocycles. The number of nitrogens with one attached hydrogen (secondary N) is 1. The fourth-order valence-electron chi connectivity index (χ4n) is 7.12. The van der Waals surface area contributed by atoms with Gasteiger partial charge in [0.25, 0.3) is 0 Å². The molecule has 3 aliphatic heterocycles. The van der Waals surface area contributed by atoms with Crippen LogP contribution in [0.15, 0.2) is 42.6 Å². The van der Waals surface area contributed by atoms with Crippen LogP contribution in [0.4, 0.5) is 19.4 Å². The average Bonchev–Trinajstić information content (AvgIpc) is 3.51. The number of fused-ring (bicyclic) bond motifs is 3. The van der Waals surface area contributed by atoms with Crippen molar-refractivity contribution in [1.29, 1.82) is 0 Å². The quantitative estimate of drug-likeness (QED) is 0.288. The minimum atomic E-state index is -1.11. The molecular formula is C31H32F2N6O4. The highest BCUT2D eigenvalue weighted by molar-refractivity contribution is 5.99. The Morgan fingerprint density at radius 2 is 2.00 bits per heavy atom. The molecule has 3 aliphatic rings. The van der Waals surface area contributed by atoms with Crippen molar-refractivity contribution < 1.29 is 28.5 Å². The zero-order valence-corrected chi connectivity index (χ0v) is 23.5. The van der Waals surface area contributed by atoms with E-state index in [9.17, 15) is 19.4 Å². The first-order chi connectivity index (χ1) is 20.8. The van der Waals surface area contributed by atoms with E-state index in [1.54, 1.807) is 6.07 Å². The van der Waals surface area contributed by atoms with Crippen molar-refractivity contribution in [2.45, 2.75) is 49.9 Å². The number of benzene rings is 2. The molecule has 5 heterocycles. The number of hydrogen-bond acceptors (Lipinski definition) is 8. The van der Waals surface area contributed by atoms with Crippen molar-refractivity contribution in [2.75, 3.05) is 37.7 Å². The Labute approximate surface area is 246 Å². The monoisotopic (exact) mass is 590 g/mol. The third kappa shape index (κ3) is 5.03. The first-order valence-corrected chi connectivity index (χ1v) is 14.6. The molecule has 7 rings (SSSR count). The number of nitrogens with zero attached hydrogens (tertiary/aromatic N) is 5. The van der Waals surface area contributed by atoms with Crippen molar-refractivity contribution in [3.05, 3.63) is 48.4 Å². The number of carboxylic acid groups (broad SMARTS) is 1. The molecule has 0 radical (unpaired) electrons. The zero-order valence-electron chi connectivity index (χ0n) is 23.5. The summed E-state index contributed by atoms with van der Waals surface area (Å²) in [7, 11) is 0. The molecular weight excluding hydrogens is 558 g/mol. The molecule has 12 heteroatoms. The molecule has 4 aromatic rings. The Morgan fingerprint density at radius 3 is 2.86 bits per heavy atom. The van der Waals surface area contributed by atoms with E-state index < -0.39 is 23.6 Å². The van der Waals surface area contributed by atoms with Crippen molar-refractivity contribution >= 4 is 33.6 Å². The van der Waals surface area contributed by atoms with Gasteiger partial charge in [-0.1, -0.05) is 24.3 Å². The molecule has 1 amide bonds. The number of halogens is 2. The fraction of sp³-hybridized carbons (Fsp3) is 0.419. The highest BCUT2D eigenvalue weighted by atomic mass is 19.1. The normalized spacial score (nSPS) is 24.0. The standard InChI is InChI=1S/C31H32F2N6O4/c32-19-13-31(8-4-10-39(31)15-19)17-43-29-36-27-24(28(37-29)38-9-3-6-20(16-38)35-30(41)42)14-34-26(25(27)33)23-12-21(40)11-18-5-1-2-7-22(18)23/h1-2,5,7,11-12,14,19-20,35,40H,3-4,6,8-10,13,15-17H2,(H,41,42)/t19-,20-,31+/m1/s1. The van der Waals surface area contributed by atoms with Crippen molar-refractivity contribution in [3.63, 3.8) is 0 Å². The van der Waals surface area contributed by atoms with Crippen molar-refractivity contribution in [2.24, 2.45) is 0 Å². The fourth-order valence-corrected chi connectivity index (χ4v) is 7.12. The van der Waals surface area contributed by atoms with Crippen LogP contribution >= 0.6 is 0 Å². The molecule has 0 spiro atoms. The predicted octanol–water partition coefficient (Wildman–Crippen LogP) is 4.88. The molecule has 10 nitrogen and oxygen atoms in total. The SMILES string of the molecule is O=C(O)N[C@@H]1CCCN(c2nc(OC[C@@]34CCCN3C[C@H](F)C4)nc3c(F)c(-c4cc(O)cc5ccccc45)ncc23)C1. The van der Waals surface area contributed by atoms with Crippen LogP contribution in [-0.2, 0) is 0 Å². The van der Waals surface area contributed by atoms with E-state index in [0.717, 1.165) is 30.2 Å². The summed E-state index contributed by atoms with van der Waals surface area (Å²) in [5.41, 5.74) is 0.000970. The number of rotatable bonds is 6. The third-order valence-electron chi connectivity index (χ3n) is 9.02. The number of phenolic OH excluding ortho intramolecular Hbond substituents is 1. The maximum atomic E-state index is 16.5. The van der Waals surface area contributed by atoms with E-state index in [2.05, 4.69) is 20.2 Å². The molecule has 0 unspecified atom stereocenters. The number of amides is 1. The van der Waals surface area contributed by atoms with Crippen LogP contribution in [0.3, 0.4) is 0 Å². The second-order valence-corrected chi connectivity index (χ2v) is 11.8. The number of phenols is 1. The van der Waals surface area contributed by atoms with E-state index in [-0.39, 0.29) is 35.6 Å². The lowest BCUT2D eigenvalue weighted by Crippen LogP contribution is -2.47. The molecule has 43 heavy (non-hydrogen) atoms.